The van der Waals surface area contributed by atoms with Gasteiger partial charge in [0.2, 0.25) is 5.88 Å². The normalized spacial score (nSPS) is 13.1. The summed E-state index contributed by atoms with van der Waals surface area (Å²) in [5, 5.41) is 4.05. The van der Waals surface area contributed by atoms with Crippen LogP contribution in [0.15, 0.2) is 35.1 Å². The van der Waals surface area contributed by atoms with Crippen molar-refractivity contribution in [1.82, 2.24) is 9.78 Å². The molecule has 0 N–H and O–H groups in total. The van der Waals surface area contributed by atoms with E-state index in [2.05, 4.69) is 21.0 Å². The van der Waals surface area contributed by atoms with E-state index in [0.29, 0.717) is 11.1 Å². The van der Waals surface area contributed by atoms with Crippen molar-refractivity contribution in [3.8, 4) is 5.88 Å². The monoisotopic (exact) mass is 594 g/mol. The van der Waals surface area contributed by atoms with Gasteiger partial charge in [0.15, 0.2) is 5.56 Å². The average molecular weight is 595 g/mol. The molecule has 0 aliphatic carbocycles. The molecule has 0 aliphatic rings. The van der Waals surface area contributed by atoms with Crippen LogP contribution in [0.2, 0.25) is 0 Å². The van der Waals surface area contributed by atoms with Crippen LogP contribution in [0.1, 0.15) is 30.5 Å². The molecular weight excluding hydrogens is 565 g/mol. The van der Waals surface area contributed by atoms with E-state index in [4.69, 9.17) is 28.4 Å². The predicted octanol–water partition coefficient (Wildman–Crippen LogP) is 4.82. The van der Waals surface area contributed by atoms with Gasteiger partial charge in [-0.3, -0.25) is 4.68 Å². The molecule has 0 saturated heterocycles. The molecule has 1 aromatic heterocycles. The first kappa shape index (κ1) is 30.6. The lowest BCUT2D eigenvalue weighted by molar-refractivity contribution is -0.140. The van der Waals surface area contributed by atoms with Crippen LogP contribution in [0.4, 0.5) is 13.2 Å². The number of alkyl halides is 3. The SMILES string of the molecule is CO/C=C(/C(=O)OC)c1ccccc1COc1nn(CC(COC(C)C)OCOC)c(Br)c1C(F)(F)F. The van der Waals surface area contributed by atoms with Crippen molar-refractivity contribution in [3.63, 3.8) is 0 Å². The lowest BCUT2D eigenvalue weighted by Gasteiger charge is -2.19. The highest BCUT2D eigenvalue weighted by Gasteiger charge is 2.41. The van der Waals surface area contributed by atoms with Gasteiger partial charge in [0.1, 0.15) is 29.7 Å². The summed E-state index contributed by atoms with van der Waals surface area (Å²) in [6, 6.07) is 6.54. The van der Waals surface area contributed by atoms with Crippen LogP contribution in [0.25, 0.3) is 5.57 Å². The van der Waals surface area contributed by atoms with Gasteiger partial charge < -0.3 is 28.4 Å². The molecule has 1 unspecified atom stereocenters. The third-order valence-electron chi connectivity index (χ3n) is 4.87. The molecule has 1 atom stereocenters. The van der Waals surface area contributed by atoms with Crippen LogP contribution in [0, 0.1) is 0 Å². The molecule has 1 heterocycles. The molecule has 206 valence electrons. The van der Waals surface area contributed by atoms with E-state index >= 15 is 0 Å². The molecule has 2 aromatic rings. The molecule has 0 amide bonds. The lowest BCUT2D eigenvalue weighted by atomic mass is 10.0. The highest BCUT2D eigenvalue weighted by Crippen LogP contribution is 2.41. The first-order valence-corrected chi connectivity index (χ1v) is 11.9. The molecular formula is C24H30BrF3N2O7. The molecule has 9 nitrogen and oxygen atoms in total. The van der Waals surface area contributed by atoms with Crippen molar-refractivity contribution >= 4 is 27.5 Å². The van der Waals surface area contributed by atoms with Crippen molar-refractivity contribution in [2.45, 2.75) is 45.4 Å². The van der Waals surface area contributed by atoms with Gasteiger partial charge >= 0.3 is 12.1 Å². The Morgan fingerprint density at radius 1 is 1.16 bits per heavy atom. The fourth-order valence-corrected chi connectivity index (χ4v) is 3.81. The van der Waals surface area contributed by atoms with E-state index in [1.165, 1.54) is 27.6 Å². The zero-order valence-corrected chi connectivity index (χ0v) is 22.7. The van der Waals surface area contributed by atoms with Gasteiger partial charge in [0, 0.05) is 7.11 Å². The van der Waals surface area contributed by atoms with Crippen molar-refractivity contribution in [3.05, 3.63) is 51.8 Å². The Hall–Kier alpha value is -2.61. The fraction of sp³-hybridized carbons (Fsp3) is 0.500. The Balaban J connectivity index is 2.38. The molecule has 1 aromatic carbocycles. The Morgan fingerprint density at radius 2 is 1.86 bits per heavy atom. The van der Waals surface area contributed by atoms with Crippen LogP contribution in [-0.2, 0) is 47.8 Å². The Kier molecular flexibility index (Phi) is 11.9. The standard InChI is InChI=1S/C24H30BrF3N2O7/c1-15(2)35-12-17(37-14-33-4)10-30-21(25)20(24(26,27)28)22(29-30)36-11-16-8-6-7-9-18(16)19(13-32-3)23(31)34-5/h6-9,13,15,17H,10-12,14H2,1-5H3/b19-13+. The number of esters is 1. The Labute approximate surface area is 221 Å². The molecule has 0 aliphatic heterocycles. The number of aromatic nitrogens is 2. The number of carbonyl (C=O) groups excluding carboxylic acids is 1. The van der Waals surface area contributed by atoms with E-state index in [1.807, 2.05) is 13.8 Å². The average Bonchev–Trinajstić information content (AvgIpc) is 3.17. The number of benzene rings is 1. The van der Waals surface area contributed by atoms with Crippen molar-refractivity contribution < 1.29 is 46.4 Å². The predicted molar refractivity (Wildman–Crippen MR) is 131 cm³/mol. The molecule has 0 radical (unpaired) electrons. The Morgan fingerprint density at radius 3 is 2.46 bits per heavy atom. The second-order valence-corrected chi connectivity index (χ2v) is 8.68. The van der Waals surface area contributed by atoms with E-state index in [1.54, 1.807) is 24.3 Å². The zero-order chi connectivity index (χ0) is 27.6. The first-order chi connectivity index (χ1) is 17.5. The quantitative estimate of drug-likeness (QED) is 0.133. The summed E-state index contributed by atoms with van der Waals surface area (Å²) in [4.78, 5) is 12.2. The maximum absolute atomic E-state index is 14.0. The summed E-state index contributed by atoms with van der Waals surface area (Å²) in [7, 11) is 4.00. The van der Waals surface area contributed by atoms with Crippen LogP contribution in [-0.4, -0.2) is 62.7 Å². The zero-order valence-electron chi connectivity index (χ0n) is 21.1. The minimum atomic E-state index is -4.77. The number of hydrogen-bond acceptors (Lipinski definition) is 8. The number of carbonyl (C=O) groups is 1. The van der Waals surface area contributed by atoms with Gasteiger partial charge in [-0.15, -0.1) is 5.10 Å². The van der Waals surface area contributed by atoms with Gasteiger partial charge in [-0.1, -0.05) is 24.3 Å². The number of hydrogen-bond donors (Lipinski definition) is 0. The number of rotatable bonds is 14. The summed E-state index contributed by atoms with van der Waals surface area (Å²) in [6.45, 7) is 3.31. The largest absolute Gasteiger partial charge is 0.503 e. The van der Waals surface area contributed by atoms with Crippen molar-refractivity contribution in [2.24, 2.45) is 0 Å². The highest BCUT2D eigenvalue weighted by molar-refractivity contribution is 9.10. The number of nitrogens with zero attached hydrogens (tertiary/aromatic N) is 2. The molecule has 0 fully saturated rings. The van der Waals surface area contributed by atoms with Gasteiger partial charge in [-0.25, -0.2) is 4.79 Å². The second-order valence-electron chi connectivity index (χ2n) is 7.93. The third-order valence-corrected chi connectivity index (χ3v) is 5.67. The van der Waals surface area contributed by atoms with Crippen molar-refractivity contribution in [2.75, 3.05) is 34.7 Å². The number of halogens is 4. The smallest absolute Gasteiger partial charge is 0.424 e. The summed E-state index contributed by atoms with van der Waals surface area (Å²) in [6.07, 6.45) is -4.33. The van der Waals surface area contributed by atoms with Crippen LogP contribution in [0.3, 0.4) is 0 Å². The van der Waals surface area contributed by atoms with Crippen LogP contribution >= 0.6 is 15.9 Å². The van der Waals surface area contributed by atoms with E-state index in [9.17, 15) is 18.0 Å². The first-order valence-electron chi connectivity index (χ1n) is 11.1. The number of ether oxygens (including phenoxy) is 6. The van der Waals surface area contributed by atoms with E-state index in [-0.39, 0.29) is 42.8 Å². The minimum absolute atomic E-state index is 0.0667. The summed E-state index contributed by atoms with van der Waals surface area (Å²) >= 11 is 3.01. The minimum Gasteiger partial charge on any atom is -0.503 e. The number of methoxy groups -OCH3 is 3. The molecule has 0 bridgehead atoms. The van der Waals surface area contributed by atoms with Crippen molar-refractivity contribution in [1.29, 1.82) is 0 Å². The van der Waals surface area contributed by atoms with E-state index in [0.717, 1.165) is 4.68 Å². The summed E-state index contributed by atoms with van der Waals surface area (Å²) in [5.41, 5.74) is -0.208. The molecule has 0 saturated carbocycles. The molecule has 13 heteroatoms. The maximum Gasteiger partial charge on any atom is 0.424 e. The van der Waals surface area contributed by atoms with E-state index < -0.39 is 29.7 Å². The van der Waals surface area contributed by atoms with Gasteiger partial charge in [0.25, 0.3) is 0 Å². The molecule has 0 spiro atoms. The summed E-state index contributed by atoms with van der Waals surface area (Å²) in [5.74, 6) is -1.32. The van der Waals surface area contributed by atoms with Crippen LogP contribution in [0.5, 0.6) is 5.88 Å². The van der Waals surface area contributed by atoms with Crippen LogP contribution < -0.4 is 4.74 Å². The van der Waals surface area contributed by atoms with Gasteiger partial charge in [-0.05, 0) is 40.9 Å². The summed E-state index contributed by atoms with van der Waals surface area (Å²) < 4.78 is 74.1. The topological polar surface area (TPSA) is 90.3 Å². The van der Waals surface area contributed by atoms with Gasteiger partial charge in [-0.2, -0.15) is 13.2 Å². The molecule has 2 rings (SSSR count). The molecule has 37 heavy (non-hydrogen) atoms. The second kappa shape index (κ2) is 14.4. The fourth-order valence-electron chi connectivity index (χ4n) is 3.20. The van der Waals surface area contributed by atoms with Gasteiger partial charge in [0.05, 0.1) is 39.7 Å². The third kappa shape index (κ3) is 8.73. The maximum atomic E-state index is 14.0. The Bertz CT molecular complexity index is 1060. The lowest BCUT2D eigenvalue weighted by Crippen LogP contribution is -2.28. The highest BCUT2D eigenvalue weighted by atomic mass is 79.9.